The number of para-hydroxylation sites is 2. The zero-order chi connectivity index (χ0) is 44.5. The van der Waals surface area contributed by atoms with Crippen LogP contribution in [0.4, 0.5) is 0 Å². The predicted molar refractivity (Wildman–Crippen MR) is 272 cm³/mol. The molecule has 12 aromatic rings. The molecule has 314 valence electrons. The van der Waals surface area contributed by atoms with Crippen molar-refractivity contribution in [1.29, 1.82) is 0 Å². The van der Waals surface area contributed by atoms with Gasteiger partial charge in [0, 0.05) is 44.2 Å². The first-order valence-electron chi connectivity index (χ1n) is 22.5. The van der Waals surface area contributed by atoms with Crippen LogP contribution in [0.3, 0.4) is 0 Å². The van der Waals surface area contributed by atoms with Crippen molar-refractivity contribution in [2.75, 3.05) is 0 Å². The van der Waals surface area contributed by atoms with Gasteiger partial charge in [0.05, 0.1) is 33.8 Å². The van der Waals surface area contributed by atoms with Crippen molar-refractivity contribution in [3.63, 3.8) is 0 Å². The Labute approximate surface area is 383 Å². The number of benzene rings is 8. The minimum Gasteiger partial charge on any atom is -0.275 e. The molecule has 0 bridgehead atoms. The topological polar surface area (TPSA) is 60.4 Å². The molecule has 4 aromatic heterocycles. The number of fused-ring (bicyclic) bond motifs is 6. The summed E-state index contributed by atoms with van der Waals surface area (Å²) in [6.07, 6.45) is 0. The summed E-state index contributed by atoms with van der Waals surface area (Å²) in [4.78, 5) is 21.6. The van der Waals surface area contributed by atoms with Gasteiger partial charge in [-0.1, -0.05) is 192 Å². The van der Waals surface area contributed by atoms with Crippen molar-refractivity contribution in [2.24, 2.45) is 0 Å². The number of imidazole rings is 2. The van der Waals surface area contributed by atoms with E-state index in [2.05, 4.69) is 218 Å². The van der Waals surface area contributed by atoms with Crippen LogP contribution >= 0.6 is 0 Å². The van der Waals surface area contributed by atoms with Crippen molar-refractivity contribution in [2.45, 2.75) is 27.7 Å². The van der Waals surface area contributed by atoms with E-state index in [9.17, 15) is 0 Å². The summed E-state index contributed by atoms with van der Waals surface area (Å²) in [7, 11) is 0. The number of hydrogen-bond donors (Lipinski definition) is 0. The first kappa shape index (κ1) is 39.1. The summed E-state index contributed by atoms with van der Waals surface area (Å²) in [5.74, 6) is 1.68. The molecule has 0 spiro atoms. The summed E-state index contributed by atoms with van der Waals surface area (Å²) < 4.78 is 4.52. The molecule has 8 aromatic carbocycles. The molecule has 66 heavy (non-hydrogen) atoms. The lowest BCUT2D eigenvalue weighted by molar-refractivity contribution is 1.13. The Balaban J connectivity index is 0.986. The molecule has 0 aliphatic carbocycles. The number of rotatable bonds is 7. The van der Waals surface area contributed by atoms with Gasteiger partial charge >= 0.3 is 0 Å². The van der Waals surface area contributed by atoms with Gasteiger partial charge in [-0.05, 0) is 63.1 Å². The van der Waals surface area contributed by atoms with Gasteiger partial charge < -0.3 is 0 Å². The fraction of sp³-hybridized carbons (Fsp3) is 0.0667. The van der Waals surface area contributed by atoms with Crippen molar-refractivity contribution < 1.29 is 0 Å². The highest BCUT2D eigenvalue weighted by atomic mass is 15.1. The maximum Gasteiger partial charge on any atom is 0.149 e. The minimum atomic E-state index is 0.841. The highest BCUT2D eigenvalue weighted by Crippen LogP contribution is 2.41. The largest absolute Gasteiger partial charge is 0.275 e. The van der Waals surface area contributed by atoms with Crippen molar-refractivity contribution in [3.05, 3.63) is 216 Å². The standard InChI is InChI=1S/C60H44N6/c1-37-13-21-43(22-14-37)53-55(45-25-17-39(3)18-26-45)65-57(61-51-11-7-5-9-49(51)59(65)63-53)47-33-29-41(30-34-47)42-31-35-48(36-32-42)58-62-52-12-8-6-10-50(52)60-64-54(44-23-15-38(2)16-24-44)56(66(58)60)46-27-19-40(4)20-28-46/h5-36H,1-4H3. The SMILES string of the molecule is Cc1ccc(-c2nc3c4ccccc4nc(-c4ccc(-c5ccc(-c6nc7ccccc7c7nc(-c8ccc(C)cc8)c(-c8ccc(C)cc8)n67)cc5)cc4)n3c2-c2ccc(C)cc2)cc1. The second kappa shape index (κ2) is 15.6. The number of nitrogens with zero attached hydrogens (tertiary/aromatic N) is 6. The Morgan fingerprint density at radius 3 is 0.909 bits per heavy atom. The number of hydrogen-bond acceptors (Lipinski definition) is 4. The van der Waals surface area contributed by atoms with Gasteiger partial charge in [-0.15, -0.1) is 0 Å². The third-order valence-electron chi connectivity index (χ3n) is 12.8. The molecule has 4 heterocycles. The Morgan fingerprint density at radius 1 is 0.273 bits per heavy atom. The first-order valence-corrected chi connectivity index (χ1v) is 22.5. The van der Waals surface area contributed by atoms with E-state index in [1.54, 1.807) is 0 Å². The molecule has 0 saturated heterocycles. The van der Waals surface area contributed by atoms with Gasteiger partial charge in [-0.3, -0.25) is 8.80 Å². The normalized spacial score (nSPS) is 11.6. The van der Waals surface area contributed by atoms with Crippen molar-refractivity contribution in [3.8, 4) is 78.9 Å². The summed E-state index contributed by atoms with van der Waals surface area (Å²) in [5.41, 5.74) is 20.8. The quantitative estimate of drug-likeness (QED) is 0.160. The van der Waals surface area contributed by atoms with Crippen LogP contribution in [0.2, 0.25) is 0 Å². The van der Waals surface area contributed by atoms with Crippen molar-refractivity contribution >= 4 is 33.1 Å². The van der Waals surface area contributed by atoms with Crippen LogP contribution in [0.25, 0.3) is 112 Å². The van der Waals surface area contributed by atoms with Gasteiger partial charge in [0.25, 0.3) is 0 Å². The number of aromatic nitrogens is 6. The monoisotopic (exact) mass is 848 g/mol. The molecule has 0 saturated carbocycles. The van der Waals surface area contributed by atoms with Gasteiger partial charge in [-0.2, -0.15) is 0 Å². The zero-order valence-electron chi connectivity index (χ0n) is 37.2. The Morgan fingerprint density at radius 2 is 0.561 bits per heavy atom. The molecule has 0 unspecified atom stereocenters. The van der Waals surface area contributed by atoms with Crippen LogP contribution in [0.15, 0.2) is 194 Å². The molecule has 0 radical (unpaired) electrons. The molecule has 0 amide bonds. The fourth-order valence-electron chi connectivity index (χ4n) is 9.25. The fourth-order valence-corrected chi connectivity index (χ4v) is 9.25. The van der Waals surface area contributed by atoms with Crippen LogP contribution in [0.1, 0.15) is 22.3 Å². The molecule has 0 N–H and O–H groups in total. The zero-order valence-corrected chi connectivity index (χ0v) is 37.2. The molecule has 0 aliphatic heterocycles. The van der Waals surface area contributed by atoms with E-state index < -0.39 is 0 Å². The average Bonchev–Trinajstić information content (AvgIpc) is 3.96. The summed E-state index contributed by atoms with van der Waals surface area (Å²) >= 11 is 0. The highest BCUT2D eigenvalue weighted by Gasteiger charge is 2.24. The Bertz CT molecular complexity index is 3530. The summed E-state index contributed by atoms with van der Waals surface area (Å²) in [5, 5.41) is 2.02. The second-order valence-electron chi connectivity index (χ2n) is 17.5. The molecular weight excluding hydrogens is 805 g/mol. The lowest BCUT2D eigenvalue weighted by atomic mass is 10.0. The molecule has 12 rings (SSSR count). The Kier molecular flexibility index (Phi) is 9.28. The first-order chi connectivity index (χ1) is 32.3. The molecular formula is C60H44N6. The molecule has 0 aliphatic rings. The third-order valence-corrected chi connectivity index (χ3v) is 12.8. The molecule has 0 fully saturated rings. The van der Waals surface area contributed by atoms with Crippen molar-refractivity contribution in [1.82, 2.24) is 28.7 Å². The van der Waals surface area contributed by atoms with Crippen LogP contribution in [0, 0.1) is 27.7 Å². The number of aryl methyl sites for hydroxylation is 4. The van der Waals surface area contributed by atoms with E-state index >= 15 is 0 Å². The van der Waals surface area contributed by atoms with Gasteiger partial charge in [-0.25, -0.2) is 19.9 Å². The lowest BCUT2D eigenvalue weighted by Gasteiger charge is -2.14. The Hall–Kier alpha value is -8.48. The third kappa shape index (κ3) is 6.65. The lowest BCUT2D eigenvalue weighted by Crippen LogP contribution is -2.00. The van der Waals surface area contributed by atoms with E-state index in [4.69, 9.17) is 19.9 Å². The van der Waals surface area contributed by atoms with Crippen LogP contribution in [-0.4, -0.2) is 28.7 Å². The van der Waals surface area contributed by atoms with E-state index in [-0.39, 0.29) is 0 Å². The molecule has 0 atom stereocenters. The molecule has 6 nitrogen and oxygen atoms in total. The van der Waals surface area contributed by atoms with E-state index in [0.717, 1.165) is 112 Å². The van der Waals surface area contributed by atoms with Crippen LogP contribution in [0.5, 0.6) is 0 Å². The van der Waals surface area contributed by atoms with Crippen LogP contribution < -0.4 is 0 Å². The van der Waals surface area contributed by atoms with Gasteiger partial charge in [0.2, 0.25) is 0 Å². The smallest absolute Gasteiger partial charge is 0.149 e. The molecule has 6 heteroatoms. The summed E-state index contributed by atoms with van der Waals surface area (Å²) in [6, 6.07) is 68.9. The maximum atomic E-state index is 5.42. The predicted octanol–water partition coefficient (Wildman–Crippen LogP) is 15.0. The van der Waals surface area contributed by atoms with Gasteiger partial charge in [0.1, 0.15) is 22.9 Å². The van der Waals surface area contributed by atoms with E-state index in [0.29, 0.717) is 0 Å². The van der Waals surface area contributed by atoms with Crippen LogP contribution in [-0.2, 0) is 0 Å². The summed E-state index contributed by atoms with van der Waals surface area (Å²) in [6.45, 7) is 8.48. The second-order valence-corrected chi connectivity index (χ2v) is 17.5. The van der Waals surface area contributed by atoms with E-state index in [1.807, 2.05) is 12.1 Å². The average molecular weight is 849 g/mol. The van der Waals surface area contributed by atoms with Gasteiger partial charge in [0.15, 0.2) is 0 Å². The highest BCUT2D eigenvalue weighted by molar-refractivity contribution is 5.99. The van der Waals surface area contributed by atoms with E-state index in [1.165, 1.54) is 22.3 Å². The maximum absolute atomic E-state index is 5.42. The minimum absolute atomic E-state index is 0.841.